The lowest BCUT2D eigenvalue weighted by Crippen LogP contribution is -2.44. The summed E-state index contributed by atoms with van der Waals surface area (Å²) < 4.78 is 11.1. The Kier molecular flexibility index (Phi) is 5.23. The highest BCUT2D eigenvalue weighted by atomic mass is 16.5. The highest BCUT2D eigenvalue weighted by Gasteiger charge is 2.30. The first kappa shape index (κ1) is 15.8. The van der Waals surface area contributed by atoms with Gasteiger partial charge in [-0.05, 0) is 57.2 Å². The van der Waals surface area contributed by atoms with Crippen LogP contribution in [-0.4, -0.2) is 31.3 Å². The molecule has 0 amide bonds. The Morgan fingerprint density at radius 1 is 1.29 bits per heavy atom. The van der Waals surface area contributed by atoms with Gasteiger partial charge in [-0.2, -0.15) is 0 Å². The van der Waals surface area contributed by atoms with Crippen LogP contribution >= 0.6 is 0 Å². The SMILES string of the molecule is CCOC(=O)C(COc1c(C)ccc(C)c1C)NC1CC1. The summed E-state index contributed by atoms with van der Waals surface area (Å²) in [5, 5.41) is 3.30. The summed E-state index contributed by atoms with van der Waals surface area (Å²) in [6.45, 7) is 8.65. The van der Waals surface area contributed by atoms with E-state index in [9.17, 15) is 4.79 Å². The molecule has 1 fully saturated rings. The Hall–Kier alpha value is -1.55. The smallest absolute Gasteiger partial charge is 0.326 e. The van der Waals surface area contributed by atoms with Crippen molar-refractivity contribution in [1.29, 1.82) is 0 Å². The van der Waals surface area contributed by atoms with Crippen LogP contribution in [0.15, 0.2) is 12.1 Å². The first-order valence-electron chi connectivity index (χ1n) is 7.65. The quantitative estimate of drug-likeness (QED) is 0.785. The summed E-state index contributed by atoms with van der Waals surface area (Å²) >= 11 is 0. The molecule has 1 aliphatic carbocycles. The highest BCUT2D eigenvalue weighted by molar-refractivity contribution is 5.76. The minimum atomic E-state index is -0.392. The second kappa shape index (κ2) is 6.94. The van der Waals surface area contributed by atoms with Crippen LogP contribution in [-0.2, 0) is 9.53 Å². The predicted molar refractivity (Wildman–Crippen MR) is 82.7 cm³/mol. The number of ether oxygens (including phenoxy) is 2. The molecule has 0 radical (unpaired) electrons. The Bertz CT molecular complexity index is 509. The number of hydrogen-bond donors (Lipinski definition) is 1. The molecule has 4 nitrogen and oxygen atoms in total. The Morgan fingerprint density at radius 3 is 2.57 bits per heavy atom. The van der Waals surface area contributed by atoms with Crippen molar-refractivity contribution in [2.45, 2.75) is 52.6 Å². The molecule has 1 saturated carbocycles. The number of rotatable bonds is 7. The molecular weight excluding hydrogens is 266 g/mol. The van der Waals surface area contributed by atoms with E-state index in [2.05, 4.69) is 18.3 Å². The molecule has 1 aromatic carbocycles. The van der Waals surface area contributed by atoms with Crippen molar-refractivity contribution in [2.75, 3.05) is 13.2 Å². The van der Waals surface area contributed by atoms with Crippen LogP contribution in [0, 0.1) is 20.8 Å². The third-order valence-corrected chi connectivity index (χ3v) is 3.85. The third kappa shape index (κ3) is 4.21. The molecule has 0 spiro atoms. The zero-order valence-corrected chi connectivity index (χ0v) is 13.4. The van der Waals surface area contributed by atoms with Gasteiger partial charge in [-0.25, -0.2) is 0 Å². The van der Waals surface area contributed by atoms with Gasteiger partial charge in [0.2, 0.25) is 0 Å². The molecule has 0 aliphatic heterocycles. The van der Waals surface area contributed by atoms with Crippen molar-refractivity contribution in [3.63, 3.8) is 0 Å². The Balaban J connectivity index is 2.03. The average molecular weight is 291 g/mol. The van der Waals surface area contributed by atoms with E-state index in [4.69, 9.17) is 9.47 Å². The molecule has 0 aromatic heterocycles. The molecule has 1 atom stereocenters. The Labute approximate surface area is 126 Å². The van der Waals surface area contributed by atoms with Crippen LogP contribution in [0.1, 0.15) is 36.5 Å². The van der Waals surface area contributed by atoms with Crippen LogP contribution < -0.4 is 10.1 Å². The van der Waals surface area contributed by atoms with Crippen molar-refractivity contribution in [3.05, 3.63) is 28.8 Å². The first-order chi connectivity index (χ1) is 10.0. The summed E-state index contributed by atoms with van der Waals surface area (Å²) in [6, 6.07) is 4.17. The van der Waals surface area contributed by atoms with Crippen LogP contribution in [0.25, 0.3) is 0 Å². The van der Waals surface area contributed by atoms with E-state index in [0.29, 0.717) is 19.3 Å². The molecule has 1 aliphatic rings. The van der Waals surface area contributed by atoms with Gasteiger partial charge in [-0.1, -0.05) is 12.1 Å². The normalized spacial score (nSPS) is 15.6. The molecule has 0 bridgehead atoms. The zero-order valence-electron chi connectivity index (χ0n) is 13.4. The minimum absolute atomic E-state index is 0.229. The number of esters is 1. The molecule has 2 rings (SSSR count). The standard InChI is InChI=1S/C17H25NO3/c1-5-20-17(19)15(18-14-8-9-14)10-21-16-12(3)7-6-11(2)13(16)4/h6-7,14-15,18H,5,8-10H2,1-4H3. The maximum Gasteiger partial charge on any atom is 0.326 e. The molecule has 0 saturated heterocycles. The van der Waals surface area contributed by atoms with Gasteiger partial charge in [-0.3, -0.25) is 10.1 Å². The van der Waals surface area contributed by atoms with Gasteiger partial charge in [0.05, 0.1) is 6.61 Å². The van der Waals surface area contributed by atoms with E-state index in [1.54, 1.807) is 0 Å². The summed E-state index contributed by atoms with van der Waals surface area (Å²) in [5.41, 5.74) is 3.41. The maximum atomic E-state index is 12.0. The highest BCUT2D eigenvalue weighted by Crippen LogP contribution is 2.26. The fourth-order valence-corrected chi connectivity index (χ4v) is 2.28. The summed E-state index contributed by atoms with van der Waals surface area (Å²) in [6.07, 6.45) is 2.25. The summed E-state index contributed by atoms with van der Waals surface area (Å²) in [5.74, 6) is 0.647. The summed E-state index contributed by atoms with van der Waals surface area (Å²) in [4.78, 5) is 12.0. The van der Waals surface area contributed by atoms with Crippen LogP contribution in [0.4, 0.5) is 0 Å². The molecule has 1 unspecified atom stereocenters. The fraction of sp³-hybridized carbons (Fsp3) is 0.588. The Morgan fingerprint density at radius 2 is 1.95 bits per heavy atom. The second-order valence-corrected chi connectivity index (χ2v) is 5.71. The van der Waals surface area contributed by atoms with Crippen LogP contribution in [0.3, 0.4) is 0 Å². The molecule has 4 heteroatoms. The maximum absolute atomic E-state index is 12.0. The topological polar surface area (TPSA) is 47.6 Å². The lowest BCUT2D eigenvalue weighted by atomic mass is 10.1. The largest absolute Gasteiger partial charge is 0.491 e. The minimum Gasteiger partial charge on any atom is -0.491 e. The number of nitrogens with one attached hydrogen (secondary N) is 1. The molecule has 116 valence electrons. The van der Waals surface area contributed by atoms with E-state index in [-0.39, 0.29) is 5.97 Å². The van der Waals surface area contributed by atoms with Crippen LogP contribution in [0.5, 0.6) is 5.75 Å². The molecule has 1 N–H and O–H groups in total. The van der Waals surface area contributed by atoms with Crippen LogP contribution in [0.2, 0.25) is 0 Å². The van der Waals surface area contributed by atoms with E-state index < -0.39 is 6.04 Å². The number of aryl methyl sites for hydroxylation is 2. The van der Waals surface area contributed by atoms with Crippen molar-refractivity contribution < 1.29 is 14.3 Å². The predicted octanol–water partition coefficient (Wildman–Crippen LogP) is 2.67. The van der Waals surface area contributed by atoms with Crippen molar-refractivity contribution in [1.82, 2.24) is 5.32 Å². The van der Waals surface area contributed by atoms with E-state index >= 15 is 0 Å². The first-order valence-corrected chi connectivity index (χ1v) is 7.65. The molecular formula is C17H25NO3. The molecule has 0 heterocycles. The number of carbonyl (C=O) groups excluding carboxylic acids is 1. The molecule has 1 aromatic rings. The number of carbonyl (C=O) groups is 1. The average Bonchev–Trinajstić information content (AvgIpc) is 3.26. The van der Waals surface area contributed by atoms with Crippen molar-refractivity contribution in [2.24, 2.45) is 0 Å². The lowest BCUT2D eigenvalue weighted by molar-refractivity contribution is -0.146. The second-order valence-electron chi connectivity index (χ2n) is 5.71. The van der Waals surface area contributed by atoms with Gasteiger partial charge < -0.3 is 9.47 Å². The van der Waals surface area contributed by atoms with Gasteiger partial charge >= 0.3 is 5.97 Å². The van der Waals surface area contributed by atoms with Gasteiger partial charge in [0.1, 0.15) is 18.4 Å². The van der Waals surface area contributed by atoms with Crippen molar-refractivity contribution >= 4 is 5.97 Å². The van der Waals surface area contributed by atoms with E-state index in [0.717, 1.165) is 29.7 Å². The summed E-state index contributed by atoms with van der Waals surface area (Å²) in [7, 11) is 0. The number of hydrogen-bond acceptors (Lipinski definition) is 4. The van der Waals surface area contributed by atoms with Crippen molar-refractivity contribution in [3.8, 4) is 5.75 Å². The monoisotopic (exact) mass is 291 g/mol. The van der Waals surface area contributed by atoms with Gasteiger partial charge in [0, 0.05) is 6.04 Å². The van der Waals surface area contributed by atoms with Gasteiger partial charge in [-0.15, -0.1) is 0 Å². The number of benzene rings is 1. The van der Waals surface area contributed by atoms with E-state index in [1.165, 1.54) is 5.56 Å². The zero-order chi connectivity index (χ0) is 15.4. The van der Waals surface area contributed by atoms with E-state index in [1.807, 2.05) is 26.8 Å². The van der Waals surface area contributed by atoms with Gasteiger partial charge in [0.25, 0.3) is 0 Å². The van der Waals surface area contributed by atoms with Gasteiger partial charge in [0.15, 0.2) is 0 Å². The molecule has 21 heavy (non-hydrogen) atoms. The third-order valence-electron chi connectivity index (χ3n) is 3.85. The fourth-order valence-electron chi connectivity index (χ4n) is 2.28. The lowest BCUT2D eigenvalue weighted by Gasteiger charge is -2.20.